The first-order valence-corrected chi connectivity index (χ1v) is 4.97. The molecule has 0 spiro atoms. The minimum atomic E-state index is -0.253. The molecule has 1 heterocycles. The number of carbonyl (C=O) groups is 1. The number of nitrogens with one attached hydrogen (secondary N) is 2. The van der Waals surface area contributed by atoms with E-state index in [4.69, 9.17) is 11.6 Å². The van der Waals surface area contributed by atoms with Crippen molar-refractivity contribution in [2.75, 3.05) is 5.32 Å². The van der Waals surface area contributed by atoms with Crippen LogP contribution in [0.4, 0.5) is 5.95 Å². The zero-order chi connectivity index (χ0) is 11.5. The summed E-state index contributed by atoms with van der Waals surface area (Å²) in [4.78, 5) is 15.5. The maximum absolute atomic E-state index is 11.7. The molecule has 0 saturated heterocycles. The lowest BCUT2D eigenvalue weighted by molar-refractivity contribution is 0.102. The summed E-state index contributed by atoms with van der Waals surface area (Å²) in [6.45, 7) is 1.84. The predicted octanol–water partition coefficient (Wildman–Crippen LogP) is 2.02. The van der Waals surface area contributed by atoms with Crippen molar-refractivity contribution < 1.29 is 4.79 Å². The lowest BCUT2D eigenvalue weighted by Crippen LogP contribution is -2.13. The van der Waals surface area contributed by atoms with Crippen molar-refractivity contribution in [1.29, 1.82) is 0 Å². The predicted molar refractivity (Wildman–Crippen MR) is 60.5 cm³/mol. The van der Waals surface area contributed by atoms with E-state index in [0.717, 1.165) is 5.56 Å². The number of anilines is 1. The summed E-state index contributed by atoms with van der Waals surface area (Å²) in [6, 6.07) is 5.06. The van der Waals surface area contributed by atoms with Gasteiger partial charge in [0.2, 0.25) is 5.95 Å². The Balaban J connectivity index is 2.18. The largest absolute Gasteiger partial charge is 0.291 e. The molecule has 2 N–H and O–H groups in total. The number of rotatable bonds is 2. The van der Waals surface area contributed by atoms with Gasteiger partial charge in [0.05, 0.1) is 0 Å². The monoisotopic (exact) mass is 236 g/mol. The Bertz CT molecular complexity index is 510. The average molecular weight is 237 g/mol. The summed E-state index contributed by atoms with van der Waals surface area (Å²) >= 11 is 5.87. The Morgan fingerprint density at radius 2 is 2.31 bits per heavy atom. The Morgan fingerprint density at radius 1 is 1.50 bits per heavy atom. The first-order valence-electron chi connectivity index (χ1n) is 4.59. The van der Waals surface area contributed by atoms with E-state index >= 15 is 0 Å². The molecular weight excluding hydrogens is 228 g/mol. The molecule has 1 aromatic carbocycles. The lowest BCUT2D eigenvalue weighted by atomic mass is 10.1. The Morgan fingerprint density at radius 3 is 2.94 bits per heavy atom. The number of halogens is 1. The van der Waals surface area contributed by atoms with Crippen molar-refractivity contribution in [1.82, 2.24) is 15.2 Å². The van der Waals surface area contributed by atoms with E-state index in [0.29, 0.717) is 16.5 Å². The second-order valence-electron chi connectivity index (χ2n) is 3.25. The van der Waals surface area contributed by atoms with Gasteiger partial charge in [0.1, 0.15) is 6.33 Å². The van der Waals surface area contributed by atoms with Crippen LogP contribution in [0.2, 0.25) is 5.02 Å². The normalized spacial score (nSPS) is 10.1. The number of hydrogen-bond donors (Lipinski definition) is 2. The molecular formula is C10H9ClN4O. The molecule has 0 bridgehead atoms. The molecule has 82 valence electrons. The molecule has 1 amide bonds. The van der Waals surface area contributed by atoms with Crippen molar-refractivity contribution in [3.05, 3.63) is 40.7 Å². The molecule has 0 aliphatic carbocycles. The van der Waals surface area contributed by atoms with Gasteiger partial charge in [-0.3, -0.25) is 10.1 Å². The van der Waals surface area contributed by atoms with Crippen LogP contribution in [0.15, 0.2) is 24.5 Å². The number of hydrogen-bond acceptors (Lipinski definition) is 3. The third kappa shape index (κ3) is 2.20. The summed E-state index contributed by atoms with van der Waals surface area (Å²) in [5.74, 6) is 0.0640. The highest BCUT2D eigenvalue weighted by Crippen LogP contribution is 2.16. The highest BCUT2D eigenvalue weighted by atomic mass is 35.5. The molecule has 1 aromatic heterocycles. The third-order valence-electron chi connectivity index (χ3n) is 2.07. The van der Waals surface area contributed by atoms with Crippen LogP contribution >= 0.6 is 11.6 Å². The van der Waals surface area contributed by atoms with Crippen LogP contribution in [0.1, 0.15) is 15.9 Å². The molecule has 0 saturated carbocycles. The van der Waals surface area contributed by atoms with Crippen LogP contribution in [0.25, 0.3) is 0 Å². The van der Waals surface area contributed by atoms with E-state index < -0.39 is 0 Å². The van der Waals surface area contributed by atoms with Crippen LogP contribution in [-0.2, 0) is 0 Å². The SMILES string of the molecule is Cc1cc(C(=O)Nc2ncn[nH]2)ccc1Cl. The van der Waals surface area contributed by atoms with Crippen molar-refractivity contribution in [3.8, 4) is 0 Å². The Labute approximate surface area is 96.8 Å². The van der Waals surface area contributed by atoms with Crippen LogP contribution in [-0.4, -0.2) is 21.1 Å². The Hall–Kier alpha value is -1.88. The van der Waals surface area contributed by atoms with Crippen molar-refractivity contribution in [2.24, 2.45) is 0 Å². The molecule has 0 atom stereocenters. The molecule has 0 radical (unpaired) electrons. The highest BCUT2D eigenvalue weighted by Gasteiger charge is 2.08. The topological polar surface area (TPSA) is 70.7 Å². The first-order chi connectivity index (χ1) is 7.66. The van der Waals surface area contributed by atoms with Crippen LogP contribution < -0.4 is 5.32 Å². The van der Waals surface area contributed by atoms with Gasteiger partial charge in [-0.15, -0.1) is 0 Å². The highest BCUT2D eigenvalue weighted by molar-refractivity contribution is 6.31. The second kappa shape index (κ2) is 4.32. The van der Waals surface area contributed by atoms with Crippen LogP contribution in [0, 0.1) is 6.92 Å². The number of carbonyl (C=O) groups excluding carboxylic acids is 1. The smallest absolute Gasteiger partial charge is 0.258 e. The van der Waals surface area contributed by atoms with Crippen molar-refractivity contribution in [2.45, 2.75) is 6.92 Å². The van der Waals surface area contributed by atoms with Crippen LogP contribution in [0.5, 0.6) is 0 Å². The average Bonchev–Trinajstić information content (AvgIpc) is 2.74. The Kier molecular flexibility index (Phi) is 2.87. The zero-order valence-corrected chi connectivity index (χ0v) is 9.25. The number of aromatic nitrogens is 3. The molecule has 0 aliphatic heterocycles. The summed E-state index contributed by atoms with van der Waals surface area (Å²) in [5, 5.41) is 9.38. The molecule has 6 heteroatoms. The van der Waals surface area contributed by atoms with Gasteiger partial charge in [0.25, 0.3) is 5.91 Å². The standard InChI is InChI=1S/C10H9ClN4O/c1-6-4-7(2-3-8(6)11)9(16)14-10-12-5-13-15-10/h2-5H,1H3,(H2,12,13,14,15,16). The quantitative estimate of drug-likeness (QED) is 0.838. The van der Waals surface area contributed by atoms with E-state index in [2.05, 4.69) is 20.5 Å². The maximum Gasteiger partial charge on any atom is 0.258 e. The van der Waals surface area contributed by atoms with E-state index in [1.165, 1.54) is 6.33 Å². The van der Waals surface area contributed by atoms with Crippen molar-refractivity contribution in [3.63, 3.8) is 0 Å². The van der Waals surface area contributed by atoms with Gasteiger partial charge >= 0.3 is 0 Å². The van der Waals surface area contributed by atoms with Gasteiger partial charge in [0.15, 0.2) is 0 Å². The zero-order valence-electron chi connectivity index (χ0n) is 8.49. The third-order valence-corrected chi connectivity index (χ3v) is 2.49. The number of benzene rings is 1. The second-order valence-corrected chi connectivity index (χ2v) is 3.66. The van der Waals surface area contributed by atoms with E-state index in [-0.39, 0.29) is 5.91 Å². The number of aryl methyl sites for hydroxylation is 1. The van der Waals surface area contributed by atoms with E-state index in [1.807, 2.05) is 6.92 Å². The van der Waals surface area contributed by atoms with E-state index in [9.17, 15) is 4.79 Å². The minimum absolute atomic E-state index is 0.253. The molecule has 0 aliphatic rings. The number of aromatic amines is 1. The summed E-state index contributed by atoms with van der Waals surface area (Å²) in [6.07, 6.45) is 1.32. The van der Waals surface area contributed by atoms with Gasteiger partial charge in [-0.2, -0.15) is 10.1 Å². The molecule has 2 aromatic rings. The lowest BCUT2D eigenvalue weighted by Gasteiger charge is -2.03. The minimum Gasteiger partial charge on any atom is -0.291 e. The molecule has 2 rings (SSSR count). The number of amides is 1. The number of nitrogens with zero attached hydrogens (tertiary/aromatic N) is 2. The fourth-order valence-electron chi connectivity index (χ4n) is 1.23. The maximum atomic E-state index is 11.7. The fraction of sp³-hybridized carbons (Fsp3) is 0.100. The van der Waals surface area contributed by atoms with Gasteiger partial charge in [-0.1, -0.05) is 11.6 Å². The number of H-pyrrole nitrogens is 1. The van der Waals surface area contributed by atoms with Crippen molar-refractivity contribution >= 4 is 23.5 Å². The van der Waals surface area contributed by atoms with Gasteiger partial charge in [0, 0.05) is 10.6 Å². The molecule has 16 heavy (non-hydrogen) atoms. The first kappa shape index (κ1) is 10.6. The fourth-order valence-corrected chi connectivity index (χ4v) is 1.35. The van der Waals surface area contributed by atoms with Gasteiger partial charge in [-0.05, 0) is 30.7 Å². The summed E-state index contributed by atoms with van der Waals surface area (Å²) in [5.41, 5.74) is 1.38. The van der Waals surface area contributed by atoms with E-state index in [1.54, 1.807) is 18.2 Å². The summed E-state index contributed by atoms with van der Waals surface area (Å²) < 4.78 is 0. The van der Waals surface area contributed by atoms with Gasteiger partial charge < -0.3 is 0 Å². The molecule has 5 nitrogen and oxygen atoms in total. The molecule has 0 unspecified atom stereocenters. The van der Waals surface area contributed by atoms with Gasteiger partial charge in [-0.25, -0.2) is 5.10 Å². The molecule has 0 fully saturated rings. The van der Waals surface area contributed by atoms with Crippen LogP contribution in [0.3, 0.4) is 0 Å². The summed E-state index contributed by atoms with van der Waals surface area (Å²) in [7, 11) is 0.